The summed E-state index contributed by atoms with van der Waals surface area (Å²) in [7, 11) is 0. The summed E-state index contributed by atoms with van der Waals surface area (Å²) < 4.78 is 9.96. The topological polar surface area (TPSA) is 84.9 Å². The lowest BCUT2D eigenvalue weighted by molar-refractivity contribution is -0.142. The number of carboxylic acids is 1. The molecule has 0 aliphatic rings. The summed E-state index contributed by atoms with van der Waals surface area (Å²) in [5.74, 6) is -1.12. The number of ether oxygens (including phenoxy) is 2. The molecular formula is C12H13Cl2NO5. The van der Waals surface area contributed by atoms with Crippen LogP contribution in [-0.2, 0) is 14.3 Å². The van der Waals surface area contributed by atoms with E-state index in [0.717, 1.165) is 0 Å². The maximum atomic E-state index is 11.4. The van der Waals surface area contributed by atoms with Crippen LogP contribution in [0.15, 0.2) is 18.2 Å². The van der Waals surface area contributed by atoms with Crippen molar-refractivity contribution in [2.24, 2.45) is 0 Å². The van der Waals surface area contributed by atoms with Crippen molar-refractivity contribution >= 4 is 35.1 Å². The number of hydrogen-bond acceptors (Lipinski definition) is 4. The Labute approximate surface area is 125 Å². The Hall–Kier alpha value is -1.50. The molecule has 0 aliphatic carbocycles. The normalized spacial score (nSPS) is 10.1. The predicted octanol–water partition coefficient (Wildman–Crippen LogP) is 1.59. The van der Waals surface area contributed by atoms with E-state index in [1.54, 1.807) is 12.1 Å². The third-order valence-corrected chi connectivity index (χ3v) is 2.59. The lowest BCUT2D eigenvalue weighted by Gasteiger charge is -2.09. The van der Waals surface area contributed by atoms with Crippen LogP contribution in [0, 0.1) is 0 Å². The van der Waals surface area contributed by atoms with Crippen LogP contribution in [0.25, 0.3) is 0 Å². The molecule has 0 saturated heterocycles. The first-order chi connectivity index (χ1) is 9.49. The molecule has 0 atom stereocenters. The molecule has 0 saturated carbocycles. The van der Waals surface area contributed by atoms with Gasteiger partial charge in [0.05, 0.1) is 11.6 Å². The van der Waals surface area contributed by atoms with E-state index in [1.807, 2.05) is 0 Å². The number of aliphatic carboxylic acids is 1. The van der Waals surface area contributed by atoms with E-state index in [9.17, 15) is 9.59 Å². The zero-order chi connectivity index (χ0) is 15.0. The van der Waals surface area contributed by atoms with Crippen LogP contribution in [0.2, 0.25) is 10.0 Å². The van der Waals surface area contributed by atoms with Crippen LogP contribution in [0.4, 0.5) is 0 Å². The highest BCUT2D eigenvalue weighted by Gasteiger charge is 2.06. The smallest absolute Gasteiger partial charge is 0.329 e. The Bertz CT molecular complexity index is 481. The van der Waals surface area contributed by atoms with E-state index >= 15 is 0 Å². The molecule has 2 N–H and O–H groups in total. The molecule has 0 unspecified atom stereocenters. The fraction of sp³-hybridized carbons (Fsp3) is 0.333. The van der Waals surface area contributed by atoms with Gasteiger partial charge in [0.15, 0.2) is 6.61 Å². The van der Waals surface area contributed by atoms with E-state index < -0.39 is 12.6 Å². The van der Waals surface area contributed by atoms with E-state index in [2.05, 4.69) is 5.32 Å². The number of rotatable bonds is 8. The molecule has 0 spiro atoms. The zero-order valence-electron chi connectivity index (χ0n) is 10.4. The summed E-state index contributed by atoms with van der Waals surface area (Å²) in [6, 6.07) is 4.68. The first-order valence-electron chi connectivity index (χ1n) is 5.63. The summed E-state index contributed by atoms with van der Waals surface area (Å²) >= 11 is 11.6. The molecule has 0 aliphatic heterocycles. The Balaban J connectivity index is 2.23. The van der Waals surface area contributed by atoms with Gasteiger partial charge in [0.2, 0.25) is 0 Å². The van der Waals surface area contributed by atoms with Gasteiger partial charge in [-0.3, -0.25) is 4.79 Å². The average molecular weight is 322 g/mol. The number of benzene rings is 1. The molecule has 1 aromatic carbocycles. The molecule has 6 nitrogen and oxygen atoms in total. The molecule has 8 heteroatoms. The van der Waals surface area contributed by atoms with Crippen molar-refractivity contribution in [3.05, 3.63) is 28.2 Å². The van der Waals surface area contributed by atoms with Gasteiger partial charge in [-0.2, -0.15) is 0 Å². The molecule has 1 rings (SSSR count). The standard InChI is InChI=1S/C12H13Cl2NO5/c13-8-1-2-9(14)10(5-8)20-6-11(16)15-3-4-19-7-12(17)18/h1-2,5H,3-4,6-7H2,(H,15,16)(H,17,18). The molecule has 0 heterocycles. The lowest BCUT2D eigenvalue weighted by atomic mass is 10.3. The van der Waals surface area contributed by atoms with Gasteiger partial charge in [-0.05, 0) is 12.1 Å². The first kappa shape index (κ1) is 16.6. The summed E-state index contributed by atoms with van der Waals surface area (Å²) in [4.78, 5) is 21.6. The number of carbonyl (C=O) groups is 2. The van der Waals surface area contributed by atoms with Gasteiger partial charge in [0.25, 0.3) is 5.91 Å². The van der Waals surface area contributed by atoms with E-state index in [-0.39, 0.29) is 25.7 Å². The quantitative estimate of drug-likeness (QED) is 0.710. The monoisotopic (exact) mass is 321 g/mol. The van der Waals surface area contributed by atoms with Gasteiger partial charge >= 0.3 is 5.97 Å². The lowest BCUT2D eigenvalue weighted by Crippen LogP contribution is -2.32. The van der Waals surface area contributed by atoms with Gasteiger partial charge < -0.3 is 19.9 Å². The molecule has 0 fully saturated rings. The number of carboxylic acid groups (broad SMARTS) is 1. The van der Waals surface area contributed by atoms with Crippen LogP contribution in [0.5, 0.6) is 5.75 Å². The van der Waals surface area contributed by atoms with Gasteiger partial charge in [-0.1, -0.05) is 23.2 Å². The minimum atomic E-state index is -1.06. The van der Waals surface area contributed by atoms with Crippen molar-refractivity contribution in [3.63, 3.8) is 0 Å². The molecular weight excluding hydrogens is 309 g/mol. The largest absolute Gasteiger partial charge is 0.482 e. The van der Waals surface area contributed by atoms with Crippen LogP contribution in [0.3, 0.4) is 0 Å². The minimum Gasteiger partial charge on any atom is -0.482 e. The SMILES string of the molecule is O=C(O)COCCNC(=O)COc1cc(Cl)ccc1Cl. The van der Waals surface area contributed by atoms with Gasteiger partial charge in [-0.15, -0.1) is 0 Å². The summed E-state index contributed by atoms with van der Waals surface area (Å²) in [6.07, 6.45) is 0. The van der Waals surface area contributed by atoms with Gasteiger partial charge in [0.1, 0.15) is 12.4 Å². The molecule has 20 heavy (non-hydrogen) atoms. The van der Waals surface area contributed by atoms with Crippen LogP contribution < -0.4 is 10.1 Å². The number of hydrogen-bond donors (Lipinski definition) is 2. The predicted molar refractivity (Wildman–Crippen MR) is 73.4 cm³/mol. The highest BCUT2D eigenvalue weighted by atomic mass is 35.5. The maximum absolute atomic E-state index is 11.4. The summed E-state index contributed by atoms with van der Waals surface area (Å²) in [5.41, 5.74) is 0. The Morgan fingerprint density at radius 1 is 1.25 bits per heavy atom. The Morgan fingerprint density at radius 2 is 2.00 bits per heavy atom. The van der Waals surface area contributed by atoms with Crippen molar-refractivity contribution in [1.82, 2.24) is 5.32 Å². The van der Waals surface area contributed by atoms with Crippen molar-refractivity contribution in [2.45, 2.75) is 0 Å². The minimum absolute atomic E-state index is 0.107. The second-order valence-electron chi connectivity index (χ2n) is 3.66. The third kappa shape index (κ3) is 6.60. The summed E-state index contributed by atoms with van der Waals surface area (Å²) in [5, 5.41) is 11.6. The maximum Gasteiger partial charge on any atom is 0.329 e. The first-order valence-corrected chi connectivity index (χ1v) is 6.38. The molecule has 0 radical (unpaired) electrons. The zero-order valence-corrected chi connectivity index (χ0v) is 11.9. The highest BCUT2D eigenvalue weighted by Crippen LogP contribution is 2.27. The Kier molecular flexibility index (Phi) is 7.14. The fourth-order valence-electron chi connectivity index (χ4n) is 1.20. The van der Waals surface area contributed by atoms with Crippen molar-refractivity contribution in [1.29, 1.82) is 0 Å². The molecule has 1 aromatic rings. The second kappa shape index (κ2) is 8.63. The number of halogens is 2. The van der Waals surface area contributed by atoms with E-state index in [4.69, 9.17) is 37.8 Å². The Morgan fingerprint density at radius 3 is 2.70 bits per heavy atom. The van der Waals surface area contributed by atoms with Crippen molar-refractivity contribution in [3.8, 4) is 5.75 Å². The fourth-order valence-corrected chi connectivity index (χ4v) is 1.54. The molecule has 0 bridgehead atoms. The van der Waals surface area contributed by atoms with Gasteiger partial charge in [-0.25, -0.2) is 4.79 Å². The highest BCUT2D eigenvalue weighted by molar-refractivity contribution is 6.34. The van der Waals surface area contributed by atoms with Crippen LogP contribution in [0.1, 0.15) is 0 Å². The van der Waals surface area contributed by atoms with Crippen LogP contribution in [-0.4, -0.2) is 43.3 Å². The average Bonchev–Trinajstić information content (AvgIpc) is 2.39. The molecule has 1 amide bonds. The molecule has 0 aromatic heterocycles. The number of carbonyl (C=O) groups excluding carboxylic acids is 1. The second-order valence-corrected chi connectivity index (χ2v) is 4.50. The van der Waals surface area contributed by atoms with Crippen molar-refractivity contribution < 1.29 is 24.2 Å². The van der Waals surface area contributed by atoms with E-state index in [0.29, 0.717) is 15.8 Å². The number of amides is 1. The van der Waals surface area contributed by atoms with Crippen LogP contribution >= 0.6 is 23.2 Å². The number of nitrogens with one attached hydrogen (secondary N) is 1. The van der Waals surface area contributed by atoms with Crippen molar-refractivity contribution in [2.75, 3.05) is 26.4 Å². The van der Waals surface area contributed by atoms with Gasteiger partial charge in [0, 0.05) is 17.6 Å². The third-order valence-electron chi connectivity index (χ3n) is 2.05. The molecule has 110 valence electrons. The summed E-state index contributed by atoms with van der Waals surface area (Å²) in [6.45, 7) is -0.321. The van der Waals surface area contributed by atoms with E-state index in [1.165, 1.54) is 6.07 Å².